The third-order valence-corrected chi connectivity index (χ3v) is 13.9. The molecule has 1 aromatic heterocycles. The van der Waals surface area contributed by atoms with Crippen LogP contribution in [0.5, 0.6) is 0 Å². The monoisotopic (exact) mass is 792 g/mol. The molecule has 4 aliphatic rings. The van der Waals surface area contributed by atoms with Crippen molar-refractivity contribution < 1.29 is 46.3 Å². The number of carbonyl (C=O) groups excluding carboxylic acids is 3. The number of alkyl halides is 4. The second kappa shape index (κ2) is 14.9. The number of likely N-dealkylation sites (tertiary alicyclic amines) is 1. The molecule has 0 bridgehead atoms. The van der Waals surface area contributed by atoms with Gasteiger partial charge < -0.3 is 29.8 Å². The Kier molecular flexibility index (Phi) is 10.8. The lowest BCUT2D eigenvalue weighted by molar-refractivity contribution is -0.148. The quantitative estimate of drug-likeness (QED) is 0.151. The molecule has 3 saturated heterocycles. The van der Waals surface area contributed by atoms with Gasteiger partial charge in [-0.05, 0) is 106 Å². The van der Waals surface area contributed by atoms with Crippen LogP contribution in [0.3, 0.4) is 0 Å². The molecular formula is C38H45F4N4O6PS. The van der Waals surface area contributed by atoms with Crippen LogP contribution in [0, 0.1) is 0 Å². The number of nitrogens with zero attached hydrogens (tertiary/aromatic N) is 3. The van der Waals surface area contributed by atoms with Crippen molar-refractivity contribution in [2.24, 2.45) is 0 Å². The zero-order valence-electron chi connectivity index (χ0n) is 29.9. The Morgan fingerprint density at radius 3 is 2.50 bits per heavy atom. The van der Waals surface area contributed by atoms with Crippen LogP contribution < -0.4 is 5.32 Å². The summed E-state index contributed by atoms with van der Waals surface area (Å²) >= 11 is 1.08. The van der Waals surface area contributed by atoms with Gasteiger partial charge in [-0.1, -0.05) is 36.4 Å². The Morgan fingerprint density at radius 2 is 1.81 bits per heavy atom. The minimum Gasteiger partial charge on any atom is -0.340 e. The van der Waals surface area contributed by atoms with E-state index in [-0.39, 0.29) is 65.2 Å². The summed E-state index contributed by atoms with van der Waals surface area (Å²) in [5.41, 5.74) is 0.719. The average molecular weight is 793 g/mol. The number of hydrogen-bond acceptors (Lipinski definition) is 6. The van der Waals surface area contributed by atoms with Crippen molar-refractivity contribution in [2.45, 2.75) is 112 Å². The van der Waals surface area contributed by atoms with E-state index in [1.165, 1.54) is 29.8 Å². The van der Waals surface area contributed by atoms with Crippen molar-refractivity contribution in [1.82, 2.24) is 20.0 Å². The molecule has 3 amide bonds. The Labute approximate surface area is 315 Å². The van der Waals surface area contributed by atoms with Gasteiger partial charge in [-0.25, -0.2) is 4.39 Å². The lowest BCUT2D eigenvalue weighted by Gasteiger charge is -2.41. The van der Waals surface area contributed by atoms with E-state index in [0.717, 1.165) is 30.6 Å². The maximum Gasteiger partial charge on any atom is 0.389 e. The first-order chi connectivity index (χ1) is 25.5. The van der Waals surface area contributed by atoms with Crippen LogP contribution in [0.4, 0.5) is 17.6 Å². The molecule has 3 aliphatic heterocycles. The largest absolute Gasteiger partial charge is 0.389 e. The highest BCUT2D eigenvalue weighted by atomic mass is 32.1. The summed E-state index contributed by atoms with van der Waals surface area (Å²) < 4.78 is 65.6. The molecule has 16 heteroatoms. The Morgan fingerprint density at radius 1 is 1.07 bits per heavy atom. The van der Waals surface area contributed by atoms with E-state index in [2.05, 4.69) is 17.4 Å². The van der Waals surface area contributed by atoms with Crippen LogP contribution in [0.1, 0.15) is 96.8 Å². The van der Waals surface area contributed by atoms with Gasteiger partial charge in [0.05, 0.1) is 4.88 Å². The number of benzene rings is 2. The second-order valence-electron chi connectivity index (χ2n) is 15.5. The predicted molar refractivity (Wildman–Crippen MR) is 196 cm³/mol. The van der Waals surface area contributed by atoms with Crippen LogP contribution in [0.15, 0.2) is 54.6 Å². The lowest BCUT2D eigenvalue weighted by atomic mass is 9.93. The van der Waals surface area contributed by atoms with Gasteiger partial charge in [-0.2, -0.15) is 13.2 Å². The van der Waals surface area contributed by atoms with Gasteiger partial charge in [0.2, 0.25) is 17.7 Å². The van der Waals surface area contributed by atoms with Crippen molar-refractivity contribution in [1.29, 1.82) is 0 Å². The summed E-state index contributed by atoms with van der Waals surface area (Å²) in [6.07, 6.45) is -0.443. The van der Waals surface area contributed by atoms with Crippen molar-refractivity contribution in [3.63, 3.8) is 0 Å². The van der Waals surface area contributed by atoms with Crippen LogP contribution in [0.25, 0.3) is 10.1 Å². The number of nitrogens with one attached hydrogen (secondary N) is 1. The van der Waals surface area contributed by atoms with Crippen molar-refractivity contribution in [2.75, 3.05) is 20.1 Å². The molecule has 4 heterocycles. The molecule has 2 aromatic carbocycles. The number of fused-ring (bicyclic) bond motifs is 2. The minimum atomic E-state index is -5.05. The topological polar surface area (TPSA) is 130 Å². The van der Waals surface area contributed by atoms with Crippen molar-refractivity contribution in [3.05, 3.63) is 70.6 Å². The first-order valence-corrected chi connectivity index (χ1v) is 21.0. The second-order valence-corrected chi connectivity index (χ2v) is 18.2. The summed E-state index contributed by atoms with van der Waals surface area (Å²) in [7, 11) is -3.27. The minimum absolute atomic E-state index is 0.0737. The zero-order valence-corrected chi connectivity index (χ0v) is 31.6. The van der Waals surface area contributed by atoms with E-state index >= 15 is 0 Å². The molecule has 292 valence electrons. The van der Waals surface area contributed by atoms with Crippen LogP contribution >= 0.6 is 18.9 Å². The predicted octanol–water partition coefficient (Wildman–Crippen LogP) is 6.88. The van der Waals surface area contributed by atoms with E-state index in [4.69, 9.17) is 0 Å². The Bertz CT molecular complexity index is 1940. The summed E-state index contributed by atoms with van der Waals surface area (Å²) in [4.78, 5) is 67.3. The molecule has 3 aromatic rings. The molecule has 3 N–H and O–H groups in total. The molecule has 10 nitrogen and oxygen atoms in total. The van der Waals surface area contributed by atoms with Gasteiger partial charge in [0.15, 0.2) is 0 Å². The number of carbonyl (C=O) groups is 3. The fourth-order valence-corrected chi connectivity index (χ4v) is 10.4. The zero-order chi connectivity index (χ0) is 38.6. The SMILES string of the molecule is CN(CCCC(F)(F)F)[C@H]1CCC(NC(=O)c2cc3cc([C@@H](F)P(=O)(O)O)ccc3s2)C(=O)N2[C@H](CC[C@H]2C(=O)N2C[C@H](c3ccccc3)CC23CC3)C1. The molecule has 4 fully saturated rings. The molecule has 1 unspecified atom stereocenters. The highest BCUT2D eigenvalue weighted by molar-refractivity contribution is 7.51. The molecule has 1 aliphatic carbocycles. The van der Waals surface area contributed by atoms with Gasteiger partial charge >= 0.3 is 13.8 Å². The van der Waals surface area contributed by atoms with E-state index < -0.39 is 44.1 Å². The maximum absolute atomic E-state index is 14.6. The van der Waals surface area contributed by atoms with E-state index in [9.17, 15) is 46.3 Å². The Hall–Kier alpha value is -3.36. The van der Waals surface area contributed by atoms with Gasteiger partial charge in [0.25, 0.3) is 5.91 Å². The van der Waals surface area contributed by atoms with Crippen molar-refractivity contribution in [3.8, 4) is 0 Å². The van der Waals surface area contributed by atoms with E-state index in [1.807, 2.05) is 28.0 Å². The lowest BCUT2D eigenvalue weighted by Crippen LogP contribution is -2.59. The smallest absolute Gasteiger partial charge is 0.340 e. The molecule has 7 rings (SSSR count). The standard InChI is InChI=1S/C38H45F4N4O6PS/c1-44(17-5-14-38(40,41)42)27-9-11-29(43-34(47)32-19-25-18-24(8-13-31(25)54-32)33(39)53(50,51)52)35(48)46-28(20-27)10-12-30(46)36(49)45-22-26(21-37(45)15-16-37)23-6-3-2-4-7-23/h2-4,6-8,13,18-19,26-30,33H,5,9-12,14-17,20-22H2,1H3,(H,43,47)(H2,50,51,52)/t26-,27+,28-,29?,30+,33+/m1/s1. The summed E-state index contributed by atoms with van der Waals surface area (Å²) in [5, 5.41) is 3.29. The highest BCUT2D eigenvalue weighted by Crippen LogP contribution is 2.55. The molecule has 6 atom stereocenters. The normalized spacial score (nSPS) is 26.2. The van der Waals surface area contributed by atoms with Gasteiger partial charge in [-0.15, -0.1) is 11.3 Å². The summed E-state index contributed by atoms with van der Waals surface area (Å²) in [6, 6.07) is 13.3. The highest BCUT2D eigenvalue weighted by Gasteiger charge is 2.58. The molecule has 1 saturated carbocycles. The van der Waals surface area contributed by atoms with Crippen LogP contribution in [-0.2, 0) is 14.2 Å². The van der Waals surface area contributed by atoms with Gasteiger partial charge in [0, 0.05) is 41.2 Å². The third kappa shape index (κ3) is 8.11. The number of halogens is 4. The molecule has 1 spiro atoms. The van der Waals surface area contributed by atoms with E-state index in [1.54, 1.807) is 11.9 Å². The third-order valence-electron chi connectivity index (χ3n) is 11.9. The fraction of sp³-hybridized carbons (Fsp3) is 0.553. The summed E-state index contributed by atoms with van der Waals surface area (Å²) in [5.74, 6) is -3.36. The summed E-state index contributed by atoms with van der Waals surface area (Å²) in [6.45, 7) is 0.759. The first-order valence-electron chi connectivity index (χ1n) is 18.5. The first kappa shape index (κ1) is 38.9. The fourth-order valence-electron chi connectivity index (χ4n) is 8.89. The van der Waals surface area contributed by atoms with Crippen LogP contribution in [0.2, 0.25) is 0 Å². The number of amides is 3. The maximum atomic E-state index is 14.6. The number of rotatable bonds is 10. The van der Waals surface area contributed by atoms with Crippen LogP contribution in [-0.4, -0.2) is 98.2 Å². The van der Waals surface area contributed by atoms with Gasteiger partial charge in [0.1, 0.15) is 12.1 Å². The van der Waals surface area contributed by atoms with Crippen molar-refractivity contribution >= 4 is 46.7 Å². The van der Waals surface area contributed by atoms with Gasteiger partial charge in [-0.3, -0.25) is 18.9 Å². The van der Waals surface area contributed by atoms with E-state index in [0.29, 0.717) is 42.3 Å². The average Bonchev–Trinajstić information content (AvgIpc) is 3.42. The number of thiophene rings is 1. The number of hydrogen-bond donors (Lipinski definition) is 3. The molecule has 54 heavy (non-hydrogen) atoms. The molecular weight excluding hydrogens is 747 g/mol. The Balaban J connectivity index is 1.13. The molecule has 0 radical (unpaired) electrons.